The number of pyridine rings is 1. The number of benzene rings is 1. The number of nitrogens with one attached hydrogen (secondary N) is 1. The quantitative estimate of drug-likeness (QED) is 0.462. The molecule has 4 heterocycles. The first kappa shape index (κ1) is 21.2. The molecular formula is C25H29N7O. The molecule has 8 nitrogen and oxygen atoms in total. The van der Waals surface area contributed by atoms with E-state index in [4.69, 9.17) is 15.5 Å². The van der Waals surface area contributed by atoms with E-state index in [0.29, 0.717) is 11.8 Å². The van der Waals surface area contributed by atoms with Gasteiger partial charge in [-0.1, -0.05) is 13.0 Å². The van der Waals surface area contributed by atoms with Gasteiger partial charge in [-0.15, -0.1) is 0 Å². The number of hydrogen-bond acceptors (Lipinski definition) is 7. The zero-order valence-electron chi connectivity index (χ0n) is 19.0. The maximum Gasteiger partial charge on any atom is 0.229 e. The molecule has 0 atom stereocenters. The van der Waals surface area contributed by atoms with E-state index < -0.39 is 0 Å². The maximum atomic E-state index is 6.15. The fraction of sp³-hybridized carbons (Fsp3) is 0.320. The summed E-state index contributed by atoms with van der Waals surface area (Å²) < 4.78 is 8.19. The number of nitrogen functional groups attached to an aromatic ring is 1. The number of ether oxygens (including phenoxy) is 1. The molecule has 0 radical (unpaired) electrons. The van der Waals surface area contributed by atoms with Crippen LogP contribution in [0, 0.1) is 0 Å². The van der Waals surface area contributed by atoms with Crippen molar-refractivity contribution in [1.29, 1.82) is 0 Å². The summed E-state index contributed by atoms with van der Waals surface area (Å²) in [6.45, 7) is 4.27. The highest BCUT2D eigenvalue weighted by molar-refractivity contribution is 5.80. The van der Waals surface area contributed by atoms with E-state index in [1.807, 2.05) is 47.2 Å². The molecule has 1 fully saturated rings. The molecule has 8 heteroatoms. The van der Waals surface area contributed by atoms with E-state index in [0.717, 1.165) is 66.3 Å². The summed E-state index contributed by atoms with van der Waals surface area (Å²) in [7, 11) is 2.15. The standard InChI is InChI=1S/C25H29N7O/c1-3-19-15-17-16-27-25(30-24(17)32(19)23-6-4-5-22(26)29-23)28-18-7-9-20(10-8-18)33-21-11-13-31(2)14-12-21/h4-10,15-16,21H,3,11-14H2,1-2H3,(H2,26,29)(H,27,28,30). The predicted octanol–water partition coefficient (Wildman–Crippen LogP) is 4.18. The fourth-order valence-corrected chi connectivity index (χ4v) is 4.22. The van der Waals surface area contributed by atoms with Crippen molar-refractivity contribution in [3.8, 4) is 11.6 Å². The number of anilines is 3. The first-order valence-corrected chi connectivity index (χ1v) is 11.4. The van der Waals surface area contributed by atoms with Gasteiger partial charge in [0.25, 0.3) is 0 Å². The van der Waals surface area contributed by atoms with E-state index in [2.05, 4.69) is 40.2 Å². The zero-order valence-corrected chi connectivity index (χ0v) is 19.0. The van der Waals surface area contributed by atoms with Gasteiger partial charge < -0.3 is 20.7 Å². The van der Waals surface area contributed by atoms with Crippen molar-refractivity contribution in [2.75, 3.05) is 31.2 Å². The van der Waals surface area contributed by atoms with Crippen molar-refractivity contribution in [1.82, 2.24) is 24.4 Å². The molecule has 4 aromatic rings. The van der Waals surface area contributed by atoms with Crippen LogP contribution in [-0.4, -0.2) is 50.7 Å². The third-order valence-corrected chi connectivity index (χ3v) is 6.04. The van der Waals surface area contributed by atoms with Crippen molar-refractivity contribution in [2.24, 2.45) is 0 Å². The molecule has 0 unspecified atom stereocenters. The van der Waals surface area contributed by atoms with Crippen molar-refractivity contribution in [3.63, 3.8) is 0 Å². The van der Waals surface area contributed by atoms with Crippen molar-refractivity contribution < 1.29 is 4.74 Å². The van der Waals surface area contributed by atoms with Crippen molar-refractivity contribution >= 4 is 28.5 Å². The summed E-state index contributed by atoms with van der Waals surface area (Å²) in [6, 6.07) is 15.7. The first-order chi connectivity index (χ1) is 16.1. The molecule has 1 aliphatic rings. The second-order valence-electron chi connectivity index (χ2n) is 8.49. The van der Waals surface area contributed by atoms with Crippen LogP contribution in [0.1, 0.15) is 25.5 Å². The van der Waals surface area contributed by atoms with Gasteiger partial charge >= 0.3 is 0 Å². The Morgan fingerprint density at radius 2 is 1.88 bits per heavy atom. The van der Waals surface area contributed by atoms with Crippen LogP contribution in [0.3, 0.4) is 0 Å². The second-order valence-corrected chi connectivity index (χ2v) is 8.49. The summed E-state index contributed by atoms with van der Waals surface area (Å²) >= 11 is 0. The highest BCUT2D eigenvalue weighted by Gasteiger charge is 2.18. The van der Waals surface area contributed by atoms with E-state index in [-0.39, 0.29) is 6.10 Å². The Kier molecular flexibility index (Phi) is 5.83. The van der Waals surface area contributed by atoms with Crippen LogP contribution >= 0.6 is 0 Å². The Hall–Kier alpha value is -3.65. The Morgan fingerprint density at radius 1 is 1.09 bits per heavy atom. The number of nitrogens with two attached hydrogens (primary N) is 1. The molecule has 33 heavy (non-hydrogen) atoms. The minimum Gasteiger partial charge on any atom is -0.490 e. The van der Waals surface area contributed by atoms with E-state index in [1.54, 1.807) is 6.07 Å². The average molecular weight is 444 g/mol. The molecule has 1 aliphatic heterocycles. The molecule has 0 aliphatic carbocycles. The third kappa shape index (κ3) is 4.61. The van der Waals surface area contributed by atoms with Crippen LogP contribution in [0.5, 0.6) is 5.75 Å². The number of hydrogen-bond donors (Lipinski definition) is 2. The van der Waals surface area contributed by atoms with Crippen LogP contribution in [0.15, 0.2) is 54.7 Å². The lowest BCUT2D eigenvalue weighted by Crippen LogP contribution is -2.35. The Labute approximate surface area is 193 Å². The van der Waals surface area contributed by atoms with Gasteiger partial charge in [-0.25, -0.2) is 9.97 Å². The van der Waals surface area contributed by atoms with Gasteiger partial charge in [-0.05, 0) is 68.8 Å². The van der Waals surface area contributed by atoms with Gasteiger partial charge in [-0.2, -0.15) is 4.98 Å². The van der Waals surface area contributed by atoms with Crippen LogP contribution in [-0.2, 0) is 6.42 Å². The molecule has 3 N–H and O–H groups in total. The third-order valence-electron chi connectivity index (χ3n) is 6.04. The topological polar surface area (TPSA) is 94.1 Å². The molecule has 3 aromatic heterocycles. The van der Waals surface area contributed by atoms with Gasteiger partial charge in [0.05, 0.1) is 0 Å². The maximum absolute atomic E-state index is 6.15. The van der Waals surface area contributed by atoms with Crippen molar-refractivity contribution in [2.45, 2.75) is 32.3 Å². The highest BCUT2D eigenvalue weighted by Crippen LogP contribution is 2.26. The number of fused-ring (bicyclic) bond motifs is 1. The Balaban J connectivity index is 1.36. The van der Waals surface area contributed by atoms with Crippen LogP contribution in [0.25, 0.3) is 16.9 Å². The van der Waals surface area contributed by atoms with Crippen molar-refractivity contribution in [3.05, 3.63) is 60.4 Å². The summed E-state index contributed by atoms with van der Waals surface area (Å²) in [4.78, 5) is 16.1. The lowest BCUT2D eigenvalue weighted by Gasteiger charge is -2.29. The molecule has 0 spiro atoms. The van der Waals surface area contributed by atoms with Crippen LogP contribution < -0.4 is 15.8 Å². The molecule has 1 aromatic carbocycles. The van der Waals surface area contributed by atoms with Gasteiger partial charge in [-0.3, -0.25) is 4.57 Å². The van der Waals surface area contributed by atoms with Crippen LogP contribution in [0.2, 0.25) is 0 Å². The summed E-state index contributed by atoms with van der Waals surface area (Å²) in [5, 5.41) is 4.27. The summed E-state index contributed by atoms with van der Waals surface area (Å²) in [5.74, 6) is 2.64. The molecular weight excluding hydrogens is 414 g/mol. The number of aryl methyl sites for hydroxylation is 1. The SMILES string of the molecule is CCc1cc2cnc(Nc3ccc(OC4CCN(C)CC4)cc3)nc2n1-c1cccc(N)n1. The number of nitrogens with zero attached hydrogens (tertiary/aromatic N) is 5. The fourth-order valence-electron chi connectivity index (χ4n) is 4.22. The first-order valence-electron chi connectivity index (χ1n) is 11.4. The van der Waals surface area contributed by atoms with Gasteiger partial charge in [0, 0.05) is 36.1 Å². The number of rotatable bonds is 6. The summed E-state index contributed by atoms with van der Waals surface area (Å²) in [5.41, 5.74) is 8.73. The second kappa shape index (κ2) is 9.07. The summed E-state index contributed by atoms with van der Waals surface area (Å²) in [6.07, 6.45) is 5.09. The van der Waals surface area contributed by atoms with Gasteiger partial charge in [0.15, 0.2) is 5.65 Å². The van der Waals surface area contributed by atoms with Gasteiger partial charge in [0.1, 0.15) is 23.5 Å². The molecule has 0 bridgehead atoms. The van der Waals surface area contributed by atoms with E-state index in [1.165, 1.54) is 0 Å². The lowest BCUT2D eigenvalue weighted by atomic mass is 10.1. The highest BCUT2D eigenvalue weighted by atomic mass is 16.5. The molecule has 0 amide bonds. The smallest absolute Gasteiger partial charge is 0.229 e. The average Bonchev–Trinajstić information content (AvgIpc) is 3.20. The minimum absolute atomic E-state index is 0.284. The van der Waals surface area contributed by atoms with E-state index in [9.17, 15) is 0 Å². The minimum atomic E-state index is 0.284. The Bertz CT molecular complexity index is 1240. The number of aromatic nitrogens is 4. The normalized spacial score (nSPS) is 15.1. The van der Waals surface area contributed by atoms with Gasteiger partial charge in [0.2, 0.25) is 5.95 Å². The van der Waals surface area contributed by atoms with E-state index >= 15 is 0 Å². The zero-order chi connectivity index (χ0) is 22.8. The monoisotopic (exact) mass is 443 g/mol. The molecule has 1 saturated heterocycles. The Morgan fingerprint density at radius 3 is 2.61 bits per heavy atom. The molecule has 170 valence electrons. The predicted molar refractivity (Wildman–Crippen MR) is 131 cm³/mol. The lowest BCUT2D eigenvalue weighted by molar-refractivity contribution is 0.114. The molecule has 0 saturated carbocycles. The molecule has 5 rings (SSSR count). The van der Waals surface area contributed by atoms with Crippen LogP contribution in [0.4, 0.5) is 17.5 Å². The number of likely N-dealkylation sites (tertiary alicyclic amines) is 1. The number of piperidine rings is 1. The largest absolute Gasteiger partial charge is 0.490 e.